The minimum absolute atomic E-state index is 0.192. The minimum atomic E-state index is -4.42. The number of hydrogen-bond donors (Lipinski definition) is 1. The van der Waals surface area contributed by atoms with E-state index < -0.39 is 18.6 Å². The van der Waals surface area contributed by atoms with Crippen molar-refractivity contribution in [2.24, 2.45) is 5.73 Å². The molecule has 0 aliphatic heterocycles. The summed E-state index contributed by atoms with van der Waals surface area (Å²) in [6.07, 6.45) is -4.42. The Morgan fingerprint density at radius 1 is 1.47 bits per heavy atom. The molecule has 0 aliphatic rings. The summed E-state index contributed by atoms with van der Waals surface area (Å²) in [7, 11) is 0. The zero-order valence-corrected chi connectivity index (χ0v) is 8.60. The van der Waals surface area contributed by atoms with Crippen LogP contribution in [0.5, 0.6) is 0 Å². The number of nitrogens with two attached hydrogens (primary N) is 1. The van der Waals surface area contributed by atoms with Gasteiger partial charge in [-0.15, -0.1) is 0 Å². The molecule has 84 valence electrons. The van der Waals surface area contributed by atoms with Crippen LogP contribution < -0.4 is 5.73 Å². The molecule has 7 heteroatoms. The van der Waals surface area contributed by atoms with Crippen molar-refractivity contribution >= 4 is 11.6 Å². The molecular weight excluding hydrogens is 231 g/mol. The molecule has 0 aromatic carbocycles. The lowest BCUT2D eigenvalue weighted by Gasteiger charge is -2.17. The predicted octanol–water partition coefficient (Wildman–Crippen LogP) is 2.04. The lowest BCUT2D eigenvalue weighted by Crippen LogP contribution is -2.29. The third kappa shape index (κ3) is 3.04. The van der Waals surface area contributed by atoms with Gasteiger partial charge < -0.3 is 5.73 Å². The van der Waals surface area contributed by atoms with Gasteiger partial charge in [0.15, 0.2) is 0 Å². The van der Waals surface area contributed by atoms with E-state index in [4.69, 9.17) is 17.3 Å². The van der Waals surface area contributed by atoms with Gasteiger partial charge in [-0.05, 0) is 24.6 Å². The molecular formula is C8H9ClF3N3. The van der Waals surface area contributed by atoms with Gasteiger partial charge in [0, 0.05) is 12.2 Å². The van der Waals surface area contributed by atoms with Gasteiger partial charge in [-0.1, -0.05) is 0 Å². The van der Waals surface area contributed by atoms with E-state index in [1.165, 1.54) is 6.07 Å². The summed E-state index contributed by atoms with van der Waals surface area (Å²) in [5, 5.41) is -0.201. The summed E-state index contributed by atoms with van der Waals surface area (Å²) in [4.78, 5) is 7.21. The van der Waals surface area contributed by atoms with Gasteiger partial charge in [0.25, 0.3) is 0 Å². The molecule has 0 amide bonds. The van der Waals surface area contributed by atoms with Gasteiger partial charge in [0.1, 0.15) is 5.92 Å². The summed E-state index contributed by atoms with van der Waals surface area (Å²) < 4.78 is 37.5. The molecule has 0 saturated heterocycles. The normalized spacial score (nSPS) is 14.0. The Labute approximate surface area is 89.5 Å². The summed E-state index contributed by atoms with van der Waals surface area (Å²) in [6.45, 7) is 0.983. The Balaban J connectivity index is 3.13. The first-order chi connectivity index (χ1) is 6.84. The lowest BCUT2D eigenvalue weighted by atomic mass is 10.0. The monoisotopic (exact) mass is 239 g/mol. The second-order valence-corrected chi connectivity index (χ2v) is 3.37. The molecule has 0 saturated carbocycles. The number of hydrogen-bond acceptors (Lipinski definition) is 3. The summed E-state index contributed by atoms with van der Waals surface area (Å²) in [5.74, 6) is -1.79. The van der Waals surface area contributed by atoms with Crippen molar-refractivity contribution in [3.05, 3.63) is 22.7 Å². The molecule has 1 atom stereocenters. The lowest BCUT2D eigenvalue weighted by molar-refractivity contribution is -0.148. The van der Waals surface area contributed by atoms with Crippen LogP contribution in [0, 0.1) is 6.92 Å². The standard InChI is InChI=1S/C8H9ClF3N3/c1-4-2-6(15-7(9)14-4)5(3-13)8(10,11)12/h2,5H,3,13H2,1H3. The molecule has 0 bridgehead atoms. The van der Waals surface area contributed by atoms with E-state index in [0.717, 1.165) is 0 Å². The van der Waals surface area contributed by atoms with Crippen LogP contribution in [0.15, 0.2) is 6.07 Å². The van der Waals surface area contributed by atoms with Gasteiger partial charge in [-0.2, -0.15) is 13.2 Å². The fourth-order valence-corrected chi connectivity index (χ4v) is 1.39. The van der Waals surface area contributed by atoms with Crippen LogP contribution in [0.25, 0.3) is 0 Å². The maximum Gasteiger partial charge on any atom is 0.398 e. The molecule has 1 aromatic heterocycles. The fraction of sp³-hybridized carbons (Fsp3) is 0.500. The number of halogens is 4. The maximum atomic E-state index is 12.5. The Morgan fingerprint density at radius 3 is 2.47 bits per heavy atom. The van der Waals surface area contributed by atoms with Crippen LogP contribution in [0.3, 0.4) is 0 Å². The largest absolute Gasteiger partial charge is 0.398 e. The molecule has 1 rings (SSSR count). The first kappa shape index (κ1) is 12.2. The van der Waals surface area contributed by atoms with Gasteiger partial charge >= 0.3 is 6.18 Å². The predicted molar refractivity (Wildman–Crippen MR) is 49.6 cm³/mol. The van der Waals surface area contributed by atoms with Crippen molar-refractivity contribution < 1.29 is 13.2 Å². The van der Waals surface area contributed by atoms with Crippen molar-refractivity contribution in [1.29, 1.82) is 0 Å². The van der Waals surface area contributed by atoms with E-state index in [9.17, 15) is 13.2 Å². The van der Waals surface area contributed by atoms with E-state index in [2.05, 4.69) is 9.97 Å². The van der Waals surface area contributed by atoms with E-state index in [0.29, 0.717) is 5.69 Å². The Hall–Kier alpha value is -0.880. The summed E-state index contributed by atoms with van der Waals surface area (Å²) in [5.41, 5.74) is 5.26. The number of alkyl halides is 3. The second kappa shape index (κ2) is 4.32. The third-order valence-corrected chi connectivity index (χ3v) is 2.00. The molecule has 0 aliphatic carbocycles. The highest BCUT2D eigenvalue weighted by atomic mass is 35.5. The molecule has 1 aromatic rings. The van der Waals surface area contributed by atoms with Gasteiger partial charge in [-0.3, -0.25) is 0 Å². The van der Waals surface area contributed by atoms with E-state index >= 15 is 0 Å². The van der Waals surface area contributed by atoms with E-state index in [-0.39, 0.29) is 11.0 Å². The second-order valence-electron chi connectivity index (χ2n) is 3.03. The molecule has 15 heavy (non-hydrogen) atoms. The first-order valence-electron chi connectivity index (χ1n) is 4.12. The number of nitrogens with zero attached hydrogens (tertiary/aromatic N) is 2. The van der Waals surface area contributed by atoms with Crippen LogP contribution in [0.4, 0.5) is 13.2 Å². The number of rotatable bonds is 2. The van der Waals surface area contributed by atoms with Crippen molar-refractivity contribution in [2.75, 3.05) is 6.54 Å². The zero-order valence-electron chi connectivity index (χ0n) is 7.85. The highest BCUT2D eigenvalue weighted by Gasteiger charge is 2.40. The van der Waals surface area contributed by atoms with Gasteiger partial charge in [0.2, 0.25) is 5.28 Å². The molecule has 1 unspecified atom stereocenters. The average Bonchev–Trinajstić information content (AvgIpc) is 1.99. The number of aromatic nitrogens is 2. The highest BCUT2D eigenvalue weighted by Crippen LogP contribution is 2.33. The van der Waals surface area contributed by atoms with Gasteiger partial charge in [0.05, 0.1) is 5.69 Å². The van der Waals surface area contributed by atoms with Crippen LogP contribution in [0.1, 0.15) is 17.3 Å². The molecule has 2 N–H and O–H groups in total. The fourth-order valence-electron chi connectivity index (χ4n) is 1.16. The number of aryl methyl sites for hydroxylation is 1. The topological polar surface area (TPSA) is 51.8 Å². The molecule has 0 radical (unpaired) electrons. The molecule has 1 heterocycles. The van der Waals surface area contributed by atoms with Gasteiger partial charge in [-0.25, -0.2) is 9.97 Å². The van der Waals surface area contributed by atoms with Crippen LogP contribution in [-0.2, 0) is 0 Å². The van der Waals surface area contributed by atoms with Crippen LogP contribution >= 0.6 is 11.6 Å². The molecule has 3 nitrogen and oxygen atoms in total. The Morgan fingerprint density at radius 2 is 2.07 bits per heavy atom. The van der Waals surface area contributed by atoms with Crippen LogP contribution in [0.2, 0.25) is 5.28 Å². The molecule has 0 fully saturated rings. The van der Waals surface area contributed by atoms with Crippen molar-refractivity contribution in [2.45, 2.75) is 19.0 Å². The first-order valence-corrected chi connectivity index (χ1v) is 4.50. The maximum absolute atomic E-state index is 12.5. The smallest absolute Gasteiger partial charge is 0.329 e. The molecule has 0 spiro atoms. The van der Waals surface area contributed by atoms with Crippen LogP contribution in [-0.4, -0.2) is 22.7 Å². The van der Waals surface area contributed by atoms with E-state index in [1.54, 1.807) is 6.92 Å². The average molecular weight is 240 g/mol. The quantitative estimate of drug-likeness (QED) is 0.804. The van der Waals surface area contributed by atoms with Crippen molar-refractivity contribution in [1.82, 2.24) is 9.97 Å². The van der Waals surface area contributed by atoms with Crippen molar-refractivity contribution in [3.8, 4) is 0 Å². The minimum Gasteiger partial charge on any atom is -0.329 e. The Bertz CT molecular complexity index is 333. The highest BCUT2D eigenvalue weighted by molar-refractivity contribution is 6.28. The summed E-state index contributed by atoms with van der Waals surface area (Å²) in [6, 6.07) is 1.23. The summed E-state index contributed by atoms with van der Waals surface area (Å²) >= 11 is 5.47. The third-order valence-electron chi connectivity index (χ3n) is 1.83. The Kier molecular flexibility index (Phi) is 3.51. The van der Waals surface area contributed by atoms with E-state index in [1.807, 2.05) is 0 Å². The zero-order chi connectivity index (χ0) is 11.6. The van der Waals surface area contributed by atoms with Crippen molar-refractivity contribution in [3.63, 3.8) is 0 Å². The SMILES string of the molecule is Cc1cc(C(CN)C(F)(F)F)nc(Cl)n1.